The lowest BCUT2D eigenvalue weighted by molar-refractivity contribution is -0.142. The fraction of sp³-hybridized carbons (Fsp3) is 0.500. The van der Waals surface area contributed by atoms with Crippen molar-refractivity contribution in [1.29, 1.82) is 0 Å². The number of hydrogen-bond donors (Lipinski definition) is 4. The fourth-order valence-electron chi connectivity index (χ4n) is 3.53. The molecule has 0 fully saturated rings. The van der Waals surface area contributed by atoms with Gasteiger partial charge in [-0.25, -0.2) is 19.6 Å². The number of hydrogen-bond acceptors (Lipinski definition) is 9. The number of amides is 2. The molecule has 0 spiro atoms. The molecule has 1 aromatic heterocycles. The SMILES string of the molecule is CCc1nc(NCCCc2cccc(O)c2)nc(C)c1C(=O)NC(CNC(=O)OC(C)(C)C)C(=O)OC. The lowest BCUT2D eigenvalue weighted by Crippen LogP contribution is -2.50. The minimum absolute atomic E-state index is 0.215. The molecular weight excluding hydrogens is 478 g/mol. The van der Waals surface area contributed by atoms with Crippen molar-refractivity contribution >= 4 is 23.9 Å². The first-order chi connectivity index (χ1) is 17.4. The van der Waals surface area contributed by atoms with E-state index in [0.717, 1.165) is 18.4 Å². The first-order valence-electron chi connectivity index (χ1n) is 12.2. The van der Waals surface area contributed by atoms with Crippen molar-refractivity contribution in [2.24, 2.45) is 0 Å². The predicted octanol–water partition coefficient (Wildman–Crippen LogP) is 2.89. The molecule has 4 N–H and O–H groups in total. The summed E-state index contributed by atoms with van der Waals surface area (Å²) in [5, 5.41) is 17.8. The number of anilines is 1. The standard InChI is InChI=1S/C26H37N5O6/c1-7-19-21(22(33)30-20(23(34)36-6)15-28-25(35)37-26(3,4)5)16(2)29-24(31-19)27-13-9-11-17-10-8-12-18(32)14-17/h8,10,12,14,20,32H,7,9,11,13,15H2,1-6H3,(H,28,35)(H,30,33)(H,27,29,31). The summed E-state index contributed by atoms with van der Waals surface area (Å²) in [6.45, 7) is 9.10. The van der Waals surface area contributed by atoms with E-state index in [2.05, 4.69) is 25.9 Å². The van der Waals surface area contributed by atoms with Gasteiger partial charge in [-0.1, -0.05) is 19.1 Å². The van der Waals surface area contributed by atoms with Gasteiger partial charge in [0.25, 0.3) is 5.91 Å². The van der Waals surface area contributed by atoms with E-state index < -0.39 is 29.6 Å². The Kier molecular flexibility index (Phi) is 10.6. The molecule has 2 amide bonds. The maximum Gasteiger partial charge on any atom is 0.407 e. The van der Waals surface area contributed by atoms with Crippen molar-refractivity contribution < 1.29 is 29.0 Å². The number of aromatic nitrogens is 2. The van der Waals surface area contributed by atoms with E-state index in [1.165, 1.54) is 7.11 Å². The third-order valence-electron chi connectivity index (χ3n) is 5.20. The number of carbonyl (C=O) groups is 3. The lowest BCUT2D eigenvalue weighted by Gasteiger charge is -2.22. The number of phenols is 1. The molecule has 0 aliphatic heterocycles. The van der Waals surface area contributed by atoms with Crippen molar-refractivity contribution in [2.75, 3.05) is 25.5 Å². The number of carbonyl (C=O) groups excluding carboxylic acids is 3. The third-order valence-corrected chi connectivity index (χ3v) is 5.20. The number of nitrogens with zero attached hydrogens (tertiary/aromatic N) is 2. The summed E-state index contributed by atoms with van der Waals surface area (Å²) in [7, 11) is 1.20. The normalized spacial score (nSPS) is 11.8. The zero-order chi connectivity index (χ0) is 27.6. The molecule has 1 unspecified atom stereocenters. The van der Waals surface area contributed by atoms with E-state index in [1.54, 1.807) is 45.9 Å². The average Bonchev–Trinajstić information content (AvgIpc) is 2.82. The first kappa shape index (κ1) is 29.3. The number of benzene rings is 1. The number of phenolic OH excluding ortho intramolecular Hbond substituents is 1. The van der Waals surface area contributed by atoms with Crippen LogP contribution in [0.3, 0.4) is 0 Å². The third kappa shape index (κ3) is 9.59. The zero-order valence-corrected chi connectivity index (χ0v) is 22.3. The van der Waals surface area contributed by atoms with Gasteiger partial charge in [0.2, 0.25) is 5.95 Å². The van der Waals surface area contributed by atoms with Crippen molar-refractivity contribution in [1.82, 2.24) is 20.6 Å². The molecule has 0 saturated carbocycles. The van der Waals surface area contributed by atoms with E-state index in [1.807, 2.05) is 13.0 Å². The average molecular weight is 516 g/mol. The van der Waals surface area contributed by atoms with Gasteiger partial charge in [0.15, 0.2) is 0 Å². The van der Waals surface area contributed by atoms with Crippen molar-refractivity contribution in [3.05, 3.63) is 46.8 Å². The molecule has 0 aliphatic rings. The number of rotatable bonds is 11. The Labute approximate surface area is 217 Å². The highest BCUT2D eigenvalue weighted by molar-refractivity contribution is 5.98. The second-order valence-corrected chi connectivity index (χ2v) is 9.44. The Balaban J connectivity index is 2.05. The van der Waals surface area contributed by atoms with Crippen LogP contribution in [0, 0.1) is 6.92 Å². The zero-order valence-electron chi connectivity index (χ0n) is 22.3. The first-order valence-corrected chi connectivity index (χ1v) is 12.2. The monoisotopic (exact) mass is 515 g/mol. The van der Waals surface area contributed by atoms with Gasteiger partial charge in [0.1, 0.15) is 17.4 Å². The minimum Gasteiger partial charge on any atom is -0.508 e. The van der Waals surface area contributed by atoms with Crippen molar-refractivity contribution in [3.8, 4) is 5.75 Å². The maximum atomic E-state index is 13.1. The van der Waals surface area contributed by atoms with Crippen LogP contribution in [0.5, 0.6) is 5.75 Å². The molecule has 0 aliphatic carbocycles. The second kappa shape index (κ2) is 13.4. The quantitative estimate of drug-likeness (QED) is 0.261. The molecule has 0 bridgehead atoms. The largest absolute Gasteiger partial charge is 0.508 e. The molecule has 11 nitrogen and oxygen atoms in total. The van der Waals surface area contributed by atoms with Gasteiger partial charge < -0.3 is 30.5 Å². The molecule has 0 saturated heterocycles. The van der Waals surface area contributed by atoms with Gasteiger partial charge in [0.05, 0.1) is 30.6 Å². The summed E-state index contributed by atoms with van der Waals surface area (Å²) < 4.78 is 9.96. The number of ether oxygens (including phenoxy) is 2. The topological polar surface area (TPSA) is 152 Å². The summed E-state index contributed by atoms with van der Waals surface area (Å²) in [6.07, 6.45) is 1.31. The fourth-order valence-corrected chi connectivity index (χ4v) is 3.53. The van der Waals surface area contributed by atoms with Crippen LogP contribution in [0.2, 0.25) is 0 Å². The molecule has 1 heterocycles. The summed E-state index contributed by atoms with van der Waals surface area (Å²) in [5.41, 5.74) is 1.55. The Hall–Kier alpha value is -3.89. The van der Waals surface area contributed by atoms with Crippen LogP contribution in [0.25, 0.3) is 0 Å². The Morgan fingerprint density at radius 1 is 1.16 bits per heavy atom. The van der Waals surface area contributed by atoms with E-state index in [9.17, 15) is 19.5 Å². The van der Waals surface area contributed by atoms with E-state index >= 15 is 0 Å². The maximum absolute atomic E-state index is 13.1. The smallest absolute Gasteiger partial charge is 0.407 e. The van der Waals surface area contributed by atoms with Crippen LogP contribution >= 0.6 is 0 Å². The second-order valence-electron chi connectivity index (χ2n) is 9.44. The molecular formula is C26H37N5O6. The Bertz CT molecular complexity index is 1100. The number of methoxy groups -OCH3 is 1. The molecule has 2 aromatic rings. The van der Waals surface area contributed by atoms with Crippen molar-refractivity contribution in [3.63, 3.8) is 0 Å². The molecule has 37 heavy (non-hydrogen) atoms. The predicted molar refractivity (Wildman–Crippen MR) is 139 cm³/mol. The number of aromatic hydroxyl groups is 1. The van der Waals surface area contributed by atoms with Gasteiger partial charge >= 0.3 is 12.1 Å². The molecule has 11 heteroatoms. The van der Waals surface area contributed by atoms with Gasteiger partial charge in [-0.15, -0.1) is 0 Å². The molecule has 1 aromatic carbocycles. The van der Waals surface area contributed by atoms with Crippen LogP contribution in [-0.2, 0) is 27.1 Å². The molecule has 202 valence electrons. The number of esters is 1. The van der Waals surface area contributed by atoms with Crippen LogP contribution in [0.4, 0.5) is 10.7 Å². The summed E-state index contributed by atoms with van der Waals surface area (Å²) in [6, 6.07) is 5.99. The highest BCUT2D eigenvalue weighted by atomic mass is 16.6. The summed E-state index contributed by atoms with van der Waals surface area (Å²) >= 11 is 0. The molecule has 1 atom stereocenters. The van der Waals surface area contributed by atoms with Gasteiger partial charge in [-0.2, -0.15) is 0 Å². The summed E-state index contributed by atoms with van der Waals surface area (Å²) in [4.78, 5) is 46.3. The minimum atomic E-state index is -1.13. The Morgan fingerprint density at radius 2 is 1.89 bits per heavy atom. The van der Waals surface area contributed by atoms with Gasteiger partial charge in [0, 0.05) is 6.54 Å². The van der Waals surface area contributed by atoms with Crippen LogP contribution in [-0.4, -0.2) is 64.9 Å². The lowest BCUT2D eigenvalue weighted by atomic mass is 10.1. The van der Waals surface area contributed by atoms with E-state index in [0.29, 0.717) is 30.3 Å². The van der Waals surface area contributed by atoms with Crippen LogP contribution in [0.1, 0.15) is 61.4 Å². The molecule has 2 rings (SSSR count). The van der Waals surface area contributed by atoms with E-state index in [-0.39, 0.29) is 17.9 Å². The number of aryl methyl sites for hydroxylation is 3. The Morgan fingerprint density at radius 3 is 2.51 bits per heavy atom. The highest BCUT2D eigenvalue weighted by Gasteiger charge is 2.27. The van der Waals surface area contributed by atoms with Gasteiger partial charge in [-0.3, -0.25) is 4.79 Å². The van der Waals surface area contributed by atoms with Crippen LogP contribution < -0.4 is 16.0 Å². The van der Waals surface area contributed by atoms with Crippen LogP contribution in [0.15, 0.2) is 24.3 Å². The molecule has 0 radical (unpaired) electrons. The van der Waals surface area contributed by atoms with Gasteiger partial charge in [-0.05, 0) is 64.7 Å². The van der Waals surface area contributed by atoms with Crippen molar-refractivity contribution in [2.45, 2.75) is 65.5 Å². The van der Waals surface area contributed by atoms with E-state index in [4.69, 9.17) is 9.47 Å². The number of alkyl carbamates (subject to hydrolysis) is 1. The number of nitrogens with one attached hydrogen (secondary N) is 3. The summed E-state index contributed by atoms with van der Waals surface area (Å²) in [5.74, 6) is -0.629. The highest BCUT2D eigenvalue weighted by Crippen LogP contribution is 2.16.